The summed E-state index contributed by atoms with van der Waals surface area (Å²) in [6.45, 7) is 2.45. The standard InChI is InChI=1S/C19H19N5O3S/c25-18(17-16-15(11-28-17)26-8-9-27-16)22-12-4-7-24(10-12)19-21-6-3-14(23-19)13-2-1-5-20-13/h1-3,5-6,11-12,20H,4,7-10H2,(H,22,25). The predicted octanol–water partition coefficient (Wildman–Crippen LogP) is 2.31. The number of aromatic nitrogens is 3. The van der Waals surface area contributed by atoms with Gasteiger partial charge in [0.25, 0.3) is 5.91 Å². The van der Waals surface area contributed by atoms with Crippen molar-refractivity contribution in [1.82, 2.24) is 20.3 Å². The number of rotatable bonds is 4. The van der Waals surface area contributed by atoms with Crippen LogP contribution >= 0.6 is 11.3 Å². The van der Waals surface area contributed by atoms with Crippen LogP contribution < -0.4 is 19.7 Å². The predicted molar refractivity (Wildman–Crippen MR) is 105 cm³/mol. The molecular formula is C19H19N5O3S. The van der Waals surface area contributed by atoms with Crippen LogP contribution in [-0.4, -0.2) is 53.2 Å². The molecule has 28 heavy (non-hydrogen) atoms. The van der Waals surface area contributed by atoms with E-state index in [-0.39, 0.29) is 11.9 Å². The van der Waals surface area contributed by atoms with E-state index in [4.69, 9.17) is 9.47 Å². The number of H-pyrrole nitrogens is 1. The molecule has 5 rings (SSSR count). The highest BCUT2D eigenvalue weighted by Gasteiger charge is 2.29. The highest BCUT2D eigenvalue weighted by atomic mass is 32.1. The van der Waals surface area contributed by atoms with E-state index in [0.717, 1.165) is 24.4 Å². The molecule has 0 bridgehead atoms. The molecule has 1 fully saturated rings. The van der Waals surface area contributed by atoms with Gasteiger partial charge in [-0.05, 0) is 24.6 Å². The maximum Gasteiger partial charge on any atom is 0.265 e. The number of nitrogens with zero attached hydrogens (tertiary/aromatic N) is 3. The molecule has 8 nitrogen and oxygen atoms in total. The zero-order chi connectivity index (χ0) is 18.9. The Morgan fingerprint density at radius 3 is 3.14 bits per heavy atom. The first-order valence-electron chi connectivity index (χ1n) is 9.17. The molecular weight excluding hydrogens is 378 g/mol. The van der Waals surface area contributed by atoms with Crippen molar-refractivity contribution in [3.63, 3.8) is 0 Å². The second kappa shape index (κ2) is 7.16. The van der Waals surface area contributed by atoms with E-state index in [2.05, 4.69) is 25.2 Å². The highest BCUT2D eigenvalue weighted by Crippen LogP contribution is 2.39. The van der Waals surface area contributed by atoms with E-state index in [9.17, 15) is 4.79 Å². The summed E-state index contributed by atoms with van der Waals surface area (Å²) in [7, 11) is 0. The summed E-state index contributed by atoms with van der Waals surface area (Å²) >= 11 is 1.35. The highest BCUT2D eigenvalue weighted by molar-refractivity contribution is 7.12. The number of ether oxygens (including phenoxy) is 2. The van der Waals surface area contributed by atoms with Crippen molar-refractivity contribution in [3.8, 4) is 22.9 Å². The number of amides is 1. The molecule has 3 aromatic heterocycles. The third-order valence-electron chi connectivity index (χ3n) is 4.83. The van der Waals surface area contributed by atoms with Gasteiger partial charge >= 0.3 is 0 Å². The van der Waals surface area contributed by atoms with Gasteiger partial charge < -0.3 is 24.7 Å². The number of anilines is 1. The Kier molecular flexibility index (Phi) is 4.36. The van der Waals surface area contributed by atoms with Crippen molar-refractivity contribution in [1.29, 1.82) is 0 Å². The largest absolute Gasteiger partial charge is 0.485 e. The molecule has 2 aliphatic heterocycles. The molecule has 0 radical (unpaired) electrons. The molecule has 1 unspecified atom stereocenters. The minimum Gasteiger partial charge on any atom is -0.485 e. The van der Waals surface area contributed by atoms with Crippen LogP contribution in [0.15, 0.2) is 36.0 Å². The second-order valence-corrected chi connectivity index (χ2v) is 7.57. The molecule has 144 valence electrons. The fourth-order valence-corrected chi connectivity index (χ4v) is 4.30. The van der Waals surface area contributed by atoms with Crippen LogP contribution in [0, 0.1) is 0 Å². The molecule has 0 aromatic carbocycles. The first-order chi connectivity index (χ1) is 13.8. The topological polar surface area (TPSA) is 92.4 Å². The summed E-state index contributed by atoms with van der Waals surface area (Å²) in [5, 5.41) is 4.93. The number of nitrogens with one attached hydrogen (secondary N) is 2. The number of hydrogen-bond donors (Lipinski definition) is 2. The van der Waals surface area contributed by atoms with Crippen molar-refractivity contribution < 1.29 is 14.3 Å². The van der Waals surface area contributed by atoms with Gasteiger partial charge in [0.1, 0.15) is 18.1 Å². The van der Waals surface area contributed by atoms with Gasteiger partial charge in [-0.3, -0.25) is 4.79 Å². The van der Waals surface area contributed by atoms with Gasteiger partial charge in [-0.15, -0.1) is 11.3 Å². The Morgan fingerprint density at radius 2 is 2.25 bits per heavy atom. The maximum absolute atomic E-state index is 12.7. The van der Waals surface area contributed by atoms with Crippen LogP contribution in [0.2, 0.25) is 0 Å². The maximum atomic E-state index is 12.7. The smallest absolute Gasteiger partial charge is 0.265 e. The molecule has 0 spiro atoms. The van der Waals surface area contributed by atoms with E-state index < -0.39 is 0 Å². The number of thiophene rings is 1. The Labute approximate surface area is 165 Å². The number of carbonyl (C=O) groups excluding carboxylic acids is 1. The summed E-state index contributed by atoms with van der Waals surface area (Å²) in [5.41, 5.74) is 1.81. The Bertz CT molecular complexity index is 987. The second-order valence-electron chi connectivity index (χ2n) is 6.69. The molecule has 9 heteroatoms. The summed E-state index contributed by atoms with van der Waals surface area (Å²) in [6.07, 6.45) is 4.48. The lowest BCUT2D eigenvalue weighted by atomic mass is 10.2. The molecule has 1 atom stereocenters. The zero-order valence-electron chi connectivity index (χ0n) is 15.1. The van der Waals surface area contributed by atoms with Gasteiger partial charge in [0.15, 0.2) is 11.5 Å². The minimum absolute atomic E-state index is 0.0347. The van der Waals surface area contributed by atoms with Crippen LogP contribution in [0.4, 0.5) is 5.95 Å². The van der Waals surface area contributed by atoms with Gasteiger partial charge in [-0.25, -0.2) is 9.97 Å². The summed E-state index contributed by atoms with van der Waals surface area (Å²) in [5.74, 6) is 1.77. The first-order valence-corrected chi connectivity index (χ1v) is 10.1. The lowest BCUT2D eigenvalue weighted by molar-refractivity contribution is 0.0935. The van der Waals surface area contributed by atoms with Gasteiger partial charge in [0.05, 0.1) is 11.4 Å². The van der Waals surface area contributed by atoms with Crippen LogP contribution in [0.3, 0.4) is 0 Å². The number of carbonyl (C=O) groups is 1. The molecule has 0 aliphatic carbocycles. The van der Waals surface area contributed by atoms with Gasteiger partial charge in [0, 0.05) is 36.9 Å². The molecule has 5 heterocycles. The van der Waals surface area contributed by atoms with Crippen molar-refractivity contribution in [2.24, 2.45) is 0 Å². The fourth-order valence-electron chi connectivity index (χ4n) is 3.47. The van der Waals surface area contributed by atoms with Crippen molar-refractivity contribution >= 4 is 23.2 Å². The first kappa shape index (κ1) is 17.1. The number of fused-ring (bicyclic) bond motifs is 1. The summed E-state index contributed by atoms with van der Waals surface area (Å²) < 4.78 is 11.1. The average Bonchev–Trinajstić information content (AvgIpc) is 3.48. The number of hydrogen-bond acceptors (Lipinski definition) is 7. The zero-order valence-corrected chi connectivity index (χ0v) is 15.9. The molecule has 1 amide bonds. The van der Waals surface area contributed by atoms with Gasteiger partial charge in [-0.2, -0.15) is 0 Å². The quantitative estimate of drug-likeness (QED) is 0.702. The van der Waals surface area contributed by atoms with Gasteiger partial charge in [0.2, 0.25) is 5.95 Å². The summed E-state index contributed by atoms with van der Waals surface area (Å²) in [4.78, 5) is 27.6. The molecule has 3 aromatic rings. The van der Waals surface area contributed by atoms with Gasteiger partial charge in [-0.1, -0.05) is 0 Å². The Balaban J connectivity index is 1.26. The van der Waals surface area contributed by atoms with Crippen LogP contribution in [0.1, 0.15) is 16.1 Å². The molecule has 0 saturated carbocycles. The lowest BCUT2D eigenvalue weighted by Crippen LogP contribution is -2.37. The number of aromatic amines is 1. The molecule has 1 saturated heterocycles. The van der Waals surface area contributed by atoms with E-state index >= 15 is 0 Å². The Hall–Kier alpha value is -3.07. The third-order valence-corrected chi connectivity index (χ3v) is 5.77. The monoisotopic (exact) mass is 397 g/mol. The van der Waals surface area contributed by atoms with E-state index in [0.29, 0.717) is 42.1 Å². The van der Waals surface area contributed by atoms with E-state index in [1.165, 1.54) is 11.3 Å². The molecule has 2 aliphatic rings. The average molecular weight is 397 g/mol. The van der Waals surface area contributed by atoms with E-state index in [1.807, 2.05) is 29.8 Å². The molecule has 2 N–H and O–H groups in total. The Morgan fingerprint density at radius 1 is 1.32 bits per heavy atom. The lowest BCUT2D eigenvalue weighted by Gasteiger charge is -2.18. The minimum atomic E-state index is -0.121. The van der Waals surface area contributed by atoms with Crippen LogP contribution in [-0.2, 0) is 0 Å². The summed E-state index contributed by atoms with van der Waals surface area (Å²) in [6, 6.07) is 5.84. The van der Waals surface area contributed by atoms with Crippen LogP contribution in [0.5, 0.6) is 11.5 Å². The van der Waals surface area contributed by atoms with Crippen molar-refractivity contribution in [2.45, 2.75) is 12.5 Å². The normalized spacial score (nSPS) is 18.3. The van der Waals surface area contributed by atoms with Crippen LogP contribution in [0.25, 0.3) is 11.4 Å². The van der Waals surface area contributed by atoms with Crippen molar-refractivity contribution in [2.75, 3.05) is 31.2 Å². The fraction of sp³-hybridized carbons (Fsp3) is 0.316. The van der Waals surface area contributed by atoms with Crippen molar-refractivity contribution in [3.05, 3.63) is 40.8 Å². The SMILES string of the molecule is O=C(NC1CCN(c2nccc(-c3ccc[nH]3)n2)C1)c1scc2c1OCCO2. The third kappa shape index (κ3) is 3.18. The van der Waals surface area contributed by atoms with E-state index in [1.54, 1.807) is 6.20 Å².